The van der Waals surface area contributed by atoms with Gasteiger partial charge >= 0.3 is 0 Å². The predicted molar refractivity (Wildman–Crippen MR) is 89.1 cm³/mol. The van der Waals surface area contributed by atoms with E-state index in [1.807, 2.05) is 17.8 Å². The van der Waals surface area contributed by atoms with Gasteiger partial charge in [0, 0.05) is 19.6 Å². The minimum atomic E-state index is 0.554. The Morgan fingerprint density at radius 3 is 2.67 bits per heavy atom. The second-order valence-corrected chi connectivity index (χ2v) is 5.79. The Morgan fingerprint density at radius 2 is 1.95 bits per heavy atom. The molecule has 0 aliphatic carbocycles. The second-order valence-electron chi connectivity index (χ2n) is 5.79. The third kappa shape index (κ3) is 4.71. The lowest BCUT2D eigenvalue weighted by molar-refractivity contribution is 0.482. The number of rotatable bonds is 8. The van der Waals surface area contributed by atoms with Gasteiger partial charge in [0.1, 0.15) is 0 Å². The van der Waals surface area contributed by atoms with Gasteiger partial charge in [-0.3, -0.25) is 4.68 Å². The molecule has 0 aliphatic rings. The molecule has 1 aromatic carbocycles. The maximum atomic E-state index is 4.61. The Morgan fingerprint density at radius 1 is 1.19 bits per heavy atom. The molecule has 0 spiro atoms. The van der Waals surface area contributed by atoms with Gasteiger partial charge in [-0.05, 0) is 25.0 Å². The highest BCUT2D eigenvalue weighted by Gasteiger charge is 2.08. The first-order valence-electron chi connectivity index (χ1n) is 8.02. The Kier molecular flexibility index (Phi) is 6.00. The van der Waals surface area contributed by atoms with E-state index in [4.69, 9.17) is 0 Å². The van der Waals surface area contributed by atoms with Crippen molar-refractivity contribution in [3.05, 3.63) is 42.1 Å². The molecule has 21 heavy (non-hydrogen) atoms. The van der Waals surface area contributed by atoms with Crippen LogP contribution in [0, 0.1) is 0 Å². The van der Waals surface area contributed by atoms with E-state index in [-0.39, 0.29) is 0 Å². The lowest BCUT2D eigenvalue weighted by Gasteiger charge is -2.12. The van der Waals surface area contributed by atoms with Gasteiger partial charge in [0.25, 0.3) is 0 Å². The van der Waals surface area contributed by atoms with Crippen molar-refractivity contribution in [3.8, 4) is 11.3 Å². The zero-order valence-corrected chi connectivity index (χ0v) is 13.5. The molecule has 1 unspecified atom stereocenters. The van der Waals surface area contributed by atoms with Gasteiger partial charge in [-0.1, -0.05) is 56.5 Å². The normalized spacial score (nSPS) is 12.5. The molecular formula is C18H27N3. The van der Waals surface area contributed by atoms with Gasteiger partial charge in [-0.2, -0.15) is 5.10 Å². The summed E-state index contributed by atoms with van der Waals surface area (Å²) in [5.74, 6) is 0. The van der Waals surface area contributed by atoms with Crippen LogP contribution in [0.25, 0.3) is 11.3 Å². The van der Waals surface area contributed by atoms with Gasteiger partial charge in [0.2, 0.25) is 0 Å². The van der Waals surface area contributed by atoms with E-state index in [1.165, 1.54) is 36.9 Å². The van der Waals surface area contributed by atoms with Crippen LogP contribution in [-0.4, -0.2) is 15.8 Å². The van der Waals surface area contributed by atoms with Crippen molar-refractivity contribution >= 4 is 0 Å². The van der Waals surface area contributed by atoms with Crippen molar-refractivity contribution in [2.24, 2.45) is 7.05 Å². The van der Waals surface area contributed by atoms with Crippen LogP contribution < -0.4 is 5.32 Å². The average Bonchev–Trinajstić information content (AvgIpc) is 2.87. The highest BCUT2D eigenvalue weighted by molar-refractivity contribution is 5.59. The molecule has 1 aromatic heterocycles. The fourth-order valence-corrected chi connectivity index (χ4v) is 2.57. The fraction of sp³-hybridized carbons (Fsp3) is 0.500. The molecule has 2 aromatic rings. The van der Waals surface area contributed by atoms with Crippen molar-refractivity contribution in [2.45, 2.75) is 52.1 Å². The summed E-state index contributed by atoms with van der Waals surface area (Å²) >= 11 is 0. The van der Waals surface area contributed by atoms with Crippen molar-refractivity contribution in [1.29, 1.82) is 0 Å². The van der Waals surface area contributed by atoms with Crippen molar-refractivity contribution in [3.63, 3.8) is 0 Å². The summed E-state index contributed by atoms with van der Waals surface area (Å²) in [7, 11) is 2.01. The molecular weight excluding hydrogens is 258 g/mol. The smallest absolute Gasteiger partial charge is 0.0769 e. The first-order chi connectivity index (χ1) is 10.2. The van der Waals surface area contributed by atoms with Crippen LogP contribution in [0.3, 0.4) is 0 Å². The van der Waals surface area contributed by atoms with Crippen LogP contribution in [-0.2, 0) is 13.6 Å². The number of hydrogen-bond donors (Lipinski definition) is 1. The molecule has 0 amide bonds. The van der Waals surface area contributed by atoms with Crippen LogP contribution in [0.5, 0.6) is 0 Å². The molecule has 1 N–H and O–H groups in total. The number of hydrogen-bond acceptors (Lipinski definition) is 2. The summed E-state index contributed by atoms with van der Waals surface area (Å²) in [6, 6.07) is 13.2. The quantitative estimate of drug-likeness (QED) is 0.739. The van der Waals surface area contributed by atoms with Crippen molar-refractivity contribution < 1.29 is 0 Å². The largest absolute Gasteiger partial charge is 0.309 e. The minimum absolute atomic E-state index is 0.554. The first kappa shape index (κ1) is 15.8. The van der Waals surface area contributed by atoms with Crippen LogP contribution in [0.4, 0.5) is 0 Å². The molecule has 0 bridgehead atoms. The number of aryl methyl sites for hydroxylation is 1. The third-order valence-corrected chi connectivity index (χ3v) is 3.87. The highest BCUT2D eigenvalue weighted by Crippen LogP contribution is 2.19. The Labute approximate surface area is 128 Å². The maximum Gasteiger partial charge on any atom is 0.0769 e. The molecule has 114 valence electrons. The van der Waals surface area contributed by atoms with Crippen molar-refractivity contribution in [2.75, 3.05) is 0 Å². The summed E-state index contributed by atoms with van der Waals surface area (Å²) in [5.41, 5.74) is 3.50. The Balaban J connectivity index is 1.91. The van der Waals surface area contributed by atoms with E-state index >= 15 is 0 Å². The summed E-state index contributed by atoms with van der Waals surface area (Å²) in [6.45, 7) is 5.35. The Bertz CT molecular complexity index is 531. The predicted octanol–water partition coefficient (Wildman–Crippen LogP) is 4.15. The van der Waals surface area contributed by atoms with E-state index in [0.717, 1.165) is 12.2 Å². The topological polar surface area (TPSA) is 29.9 Å². The first-order valence-corrected chi connectivity index (χ1v) is 8.02. The Hall–Kier alpha value is -1.61. The third-order valence-electron chi connectivity index (χ3n) is 3.87. The molecule has 0 fully saturated rings. The fourth-order valence-electron chi connectivity index (χ4n) is 2.57. The molecule has 3 heteroatoms. The molecule has 0 aliphatic heterocycles. The number of benzene rings is 1. The van der Waals surface area contributed by atoms with E-state index < -0.39 is 0 Å². The van der Waals surface area contributed by atoms with Gasteiger partial charge in [-0.25, -0.2) is 0 Å². The average molecular weight is 285 g/mol. The minimum Gasteiger partial charge on any atom is -0.309 e. The van der Waals surface area contributed by atoms with Crippen LogP contribution >= 0.6 is 0 Å². The van der Waals surface area contributed by atoms with Gasteiger partial charge in [0.05, 0.1) is 11.4 Å². The van der Waals surface area contributed by atoms with Crippen LogP contribution in [0.15, 0.2) is 36.4 Å². The standard InChI is InChI=1S/C18H27N3/c1-4-5-7-10-15(2)19-14-17-13-18(21(3)20-17)16-11-8-6-9-12-16/h6,8-9,11-13,15,19H,4-5,7,10,14H2,1-3H3. The van der Waals surface area contributed by atoms with E-state index in [9.17, 15) is 0 Å². The van der Waals surface area contributed by atoms with E-state index in [0.29, 0.717) is 6.04 Å². The van der Waals surface area contributed by atoms with Crippen LogP contribution in [0.1, 0.15) is 45.2 Å². The highest BCUT2D eigenvalue weighted by atomic mass is 15.3. The lowest BCUT2D eigenvalue weighted by atomic mass is 10.1. The molecule has 1 heterocycles. The van der Waals surface area contributed by atoms with Gasteiger partial charge < -0.3 is 5.32 Å². The molecule has 3 nitrogen and oxygen atoms in total. The van der Waals surface area contributed by atoms with Crippen LogP contribution in [0.2, 0.25) is 0 Å². The molecule has 1 atom stereocenters. The summed E-state index contributed by atoms with van der Waals surface area (Å²) < 4.78 is 1.97. The molecule has 0 saturated heterocycles. The van der Waals surface area contributed by atoms with Gasteiger partial charge in [-0.15, -0.1) is 0 Å². The maximum absolute atomic E-state index is 4.61. The summed E-state index contributed by atoms with van der Waals surface area (Å²) in [5, 5.41) is 8.18. The molecule has 0 radical (unpaired) electrons. The lowest BCUT2D eigenvalue weighted by Crippen LogP contribution is -2.25. The van der Waals surface area contributed by atoms with Crippen molar-refractivity contribution in [1.82, 2.24) is 15.1 Å². The zero-order chi connectivity index (χ0) is 15.1. The van der Waals surface area contributed by atoms with E-state index in [2.05, 4.69) is 54.6 Å². The number of nitrogens with one attached hydrogen (secondary N) is 1. The monoisotopic (exact) mass is 285 g/mol. The molecule has 0 saturated carbocycles. The summed E-state index contributed by atoms with van der Waals surface area (Å²) in [4.78, 5) is 0. The molecule has 2 rings (SSSR count). The number of unbranched alkanes of at least 4 members (excludes halogenated alkanes) is 2. The number of nitrogens with zero attached hydrogens (tertiary/aromatic N) is 2. The second kappa shape index (κ2) is 7.99. The summed E-state index contributed by atoms with van der Waals surface area (Å²) in [6.07, 6.45) is 5.16. The zero-order valence-electron chi connectivity index (χ0n) is 13.5. The van der Waals surface area contributed by atoms with E-state index in [1.54, 1.807) is 0 Å². The number of aromatic nitrogens is 2. The van der Waals surface area contributed by atoms with Gasteiger partial charge in [0.15, 0.2) is 0 Å². The SMILES string of the molecule is CCCCCC(C)NCc1cc(-c2ccccc2)n(C)n1.